The van der Waals surface area contributed by atoms with Crippen LogP contribution < -0.4 is 10.6 Å². The number of anilines is 1. The standard InChI is InChI=1S/C13H18N8O.HI/c1-10-18-11(19-22-10)9-17-12(14)20-5-7-21(8-6-20)13-15-3-2-4-16-13;/h2-4H,5-9H2,1H3,(H2,14,17);1H. The van der Waals surface area contributed by atoms with Crippen molar-refractivity contribution < 1.29 is 4.52 Å². The van der Waals surface area contributed by atoms with Crippen molar-refractivity contribution in [2.24, 2.45) is 10.7 Å². The van der Waals surface area contributed by atoms with Crippen molar-refractivity contribution >= 4 is 35.9 Å². The van der Waals surface area contributed by atoms with Gasteiger partial charge in [-0.25, -0.2) is 15.0 Å². The van der Waals surface area contributed by atoms with E-state index in [1.54, 1.807) is 19.3 Å². The molecule has 3 heterocycles. The summed E-state index contributed by atoms with van der Waals surface area (Å²) >= 11 is 0. The molecule has 2 aromatic rings. The van der Waals surface area contributed by atoms with Crippen LogP contribution >= 0.6 is 24.0 Å². The molecule has 0 amide bonds. The molecule has 0 spiro atoms. The zero-order valence-electron chi connectivity index (χ0n) is 12.8. The summed E-state index contributed by atoms with van der Waals surface area (Å²) in [5, 5.41) is 3.79. The largest absolute Gasteiger partial charge is 0.370 e. The minimum atomic E-state index is 0. The molecule has 9 nitrogen and oxygen atoms in total. The third-order valence-electron chi connectivity index (χ3n) is 3.39. The number of rotatable bonds is 3. The number of nitrogens with two attached hydrogens (primary N) is 1. The molecule has 2 N–H and O–H groups in total. The van der Waals surface area contributed by atoms with Crippen molar-refractivity contribution in [1.29, 1.82) is 0 Å². The summed E-state index contributed by atoms with van der Waals surface area (Å²) in [4.78, 5) is 21.1. The van der Waals surface area contributed by atoms with Gasteiger partial charge in [0.1, 0.15) is 6.54 Å². The van der Waals surface area contributed by atoms with Crippen LogP contribution in [0.25, 0.3) is 0 Å². The van der Waals surface area contributed by atoms with E-state index >= 15 is 0 Å². The first-order chi connectivity index (χ1) is 10.7. The van der Waals surface area contributed by atoms with Crippen molar-refractivity contribution in [2.45, 2.75) is 13.5 Å². The van der Waals surface area contributed by atoms with Gasteiger partial charge >= 0.3 is 0 Å². The van der Waals surface area contributed by atoms with Crippen LogP contribution in [-0.4, -0.2) is 57.1 Å². The highest BCUT2D eigenvalue weighted by Crippen LogP contribution is 2.09. The number of nitrogens with zero attached hydrogens (tertiary/aromatic N) is 7. The molecular formula is C13H19IN8O. The summed E-state index contributed by atoms with van der Waals surface area (Å²) in [7, 11) is 0. The number of aromatic nitrogens is 4. The lowest BCUT2D eigenvalue weighted by Crippen LogP contribution is -2.51. The Morgan fingerprint density at radius 2 is 1.96 bits per heavy atom. The van der Waals surface area contributed by atoms with E-state index < -0.39 is 0 Å². The second-order valence-electron chi connectivity index (χ2n) is 4.93. The molecule has 0 saturated carbocycles. The minimum Gasteiger partial charge on any atom is -0.370 e. The zero-order chi connectivity index (χ0) is 15.4. The van der Waals surface area contributed by atoms with Gasteiger partial charge in [-0.15, -0.1) is 24.0 Å². The van der Waals surface area contributed by atoms with Crippen molar-refractivity contribution in [1.82, 2.24) is 25.0 Å². The number of hydrogen-bond donors (Lipinski definition) is 1. The lowest BCUT2D eigenvalue weighted by molar-refractivity contribution is 0.376. The van der Waals surface area contributed by atoms with Crippen LogP contribution in [-0.2, 0) is 6.54 Å². The van der Waals surface area contributed by atoms with Gasteiger partial charge in [-0.3, -0.25) is 0 Å². The van der Waals surface area contributed by atoms with E-state index in [9.17, 15) is 0 Å². The smallest absolute Gasteiger partial charge is 0.225 e. The Kier molecular flexibility index (Phi) is 6.07. The van der Waals surface area contributed by atoms with E-state index in [0.717, 1.165) is 32.1 Å². The molecule has 10 heteroatoms. The Labute approximate surface area is 151 Å². The maximum atomic E-state index is 6.03. The summed E-state index contributed by atoms with van der Waals surface area (Å²) in [6.07, 6.45) is 3.49. The van der Waals surface area contributed by atoms with Crippen molar-refractivity contribution in [3.05, 3.63) is 30.2 Å². The Hall–Kier alpha value is -1.98. The second-order valence-corrected chi connectivity index (χ2v) is 4.93. The van der Waals surface area contributed by atoms with Crippen LogP contribution in [0.3, 0.4) is 0 Å². The molecule has 124 valence electrons. The molecule has 0 bridgehead atoms. The summed E-state index contributed by atoms with van der Waals surface area (Å²) < 4.78 is 4.90. The maximum absolute atomic E-state index is 6.03. The predicted octanol–water partition coefficient (Wildman–Crippen LogP) is 0.423. The second kappa shape index (κ2) is 8.04. The van der Waals surface area contributed by atoms with E-state index in [1.807, 2.05) is 11.0 Å². The first-order valence-electron chi connectivity index (χ1n) is 7.08. The fraction of sp³-hybridized carbons (Fsp3) is 0.462. The minimum absolute atomic E-state index is 0. The molecule has 0 radical (unpaired) electrons. The van der Waals surface area contributed by atoms with E-state index in [-0.39, 0.29) is 24.0 Å². The summed E-state index contributed by atoms with van der Waals surface area (Å²) in [6, 6.07) is 1.81. The van der Waals surface area contributed by atoms with E-state index in [4.69, 9.17) is 10.3 Å². The molecule has 1 aliphatic rings. The van der Waals surface area contributed by atoms with E-state index in [1.165, 1.54) is 0 Å². The van der Waals surface area contributed by atoms with Crippen molar-refractivity contribution in [2.75, 3.05) is 31.1 Å². The Morgan fingerprint density at radius 1 is 1.26 bits per heavy atom. The topological polar surface area (TPSA) is 110 Å². The summed E-state index contributed by atoms with van der Waals surface area (Å²) in [6.45, 7) is 5.24. The molecule has 0 aliphatic carbocycles. The molecule has 0 atom stereocenters. The number of hydrogen-bond acceptors (Lipinski definition) is 7. The average Bonchev–Trinajstić information content (AvgIpc) is 2.99. The molecule has 0 aromatic carbocycles. The number of halogens is 1. The maximum Gasteiger partial charge on any atom is 0.225 e. The Balaban J connectivity index is 0.00000192. The quantitative estimate of drug-likeness (QED) is 0.424. The van der Waals surface area contributed by atoms with Crippen LogP contribution in [0, 0.1) is 6.92 Å². The number of aryl methyl sites for hydroxylation is 1. The monoisotopic (exact) mass is 430 g/mol. The molecule has 1 saturated heterocycles. The molecule has 3 rings (SSSR count). The number of aliphatic imine (C=N–C) groups is 1. The van der Waals surface area contributed by atoms with Gasteiger partial charge in [0.2, 0.25) is 11.8 Å². The van der Waals surface area contributed by atoms with Crippen LogP contribution in [0.2, 0.25) is 0 Å². The Bertz CT molecular complexity index is 638. The van der Waals surface area contributed by atoms with Crippen LogP contribution in [0.1, 0.15) is 11.7 Å². The highest BCUT2D eigenvalue weighted by Gasteiger charge is 2.19. The normalized spacial score (nSPS) is 15.4. The van der Waals surface area contributed by atoms with E-state index in [0.29, 0.717) is 24.2 Å². The lowest BCUT2D eigenvalue weighted by Gasteiger charge is -2.35. The van der Waals surface area contributed by atoms with Gasteiger partial charge in [-0.1, -0.05) is 5.16 Å². The van der Waals surface area contributed by atoms with Crippen LogP contribution in [0.4, 0.5) is 5.95 Å². The van der Waals surface area contributed by atoms with Gasteiger partial charge in [0.15, 0.2) is 11.8 Å². The lowest BCUT2D eigenvalue weighted by atomic mass is 10.3. The van der Waals surface area contributed by atoms with Crippen molar-refractivity contribution in [3.8, 4) is 0 Å². The molecule has 1 aliphatic heterocycles. The molecule has 2 aromatic heterocycles. The van der Waals surface area contributed by atoms with Crippen LogP contribution in [0.15, 0.2) is 28.0 Å². The molecular weight excluding hydrogens is 411 g/mol. The SMILES string of the molecule is Cc1nc(CN=C(N)N2CCN(c3ncccn3)CC2)no1.I. The highest BCUT2D eigenvalue weighted by molar-refractivity contribution is 14.0. The fourth-order valence-corrected chi connectivity index (χ4v) is 2.25. The summed E-state index contributed by atoms with van der Waals surface area (Å²) in [5.41, 5.74) is 6.03. The first-order valence-corrected chi connectivity index (χ1v) is 7.08. The third-order valence-corrected chi connectivity index (χ3v) is 3.39. The first kappa shape index (κ1) is 17.4. The third kappa shape index (κ3) is 4.50. The van der Waals surface area contributed by atoms with Gasteiger partial charge < -0.3 is 20.1 Å². The Morgan fingerprint density at radius 3 is 2.57 bits per heavy atom. The zero-order valence-corrected chi connectivity index (χ0v) is 15.1. The fourth-order valence-electron chi connectivity index (χ4n) is 2.25. The van der Waals surface area contributed by atoms with Gasteiger partial charge in [0.25, 0.3) is 0 Å². The van der Waals surface area contributed by atoms with Gasteiger partial charge in [-0.05, 0) is 6.07 Å². The number of piperazine rings is 1. The van der Waals surface area contributed by atoms with Crippen molar-refractivity contribution in [3.63, 3.8) is 0 Å². The van der Waals surface area contributed by atoms with Crippen LogP contribution in [0.5, 0.6) is 0 Å². The highest BCUT2D eigenvalue weighted by atomic mass is 127. The van der Waals surface area contributed by atoms with Gasteiger partial charge in [-0.2, -0.15) is 4.98 Å². The predicted molar refractivity (Wildman–Crippen MR) is 95.6 cm³/mol. The van der Waals surface area contributed by atoms with E-state index in [2.05, 4.69) is 30.0 Å². The molecule has 0 unspecified atom stereocenters. The summed E-state index contributed by atoms with van der Waals surface area (Å²) in [5.74, 6) is 2.31. The molecule has 1 fully saturated rings. The van der Waals surface area contributed by atoms with Gasteiger partial charge in [0.05, 0.1) is 0 Å². The van der Waals surface area contributed by atoms with Gasteiger partial charge in [0, 0.05) is 45.5 Å². The average molecular weight is 430 g/mol. The molecule has 23 heavy (non-hydrogen) atoms. The number of guanidine groups is 1.